The molecule has 0 amide bonds. The van der Waals surface area contributed by atoms with Crippen LogP contribution < -0.4 is 0 Å². The van der Waals surface area contributed by atoms with E-state index in [2.05, 4.69) is 0 Å². The number of nitrogens with zero attached hydrogens (tertiary/aromatic N) is 1. The Morgan fingerprint density at radius 1 is 1.46 bits per heavy atom. The van der Waals surface area contributed by atoms with Crippen molar-refractivity contribution in [2.24, 2.45) is 0 Å². The van der Waals surface area contributed by atoms with Crippen molar-refractivity contribution in [1.82, 2.24) is 0 Å². The number of quaternary nitrogens is 1. The van der Waals surface area contributed by atoms with Crippen LogP contribution in [0.1, 0.15) is 13.3 Å². The van der Waals surface area contributed by atoms with Crippen molar-refractivity contribution in [1.29, 1.82) is 0 Å². The third-order valence-electron chi connectivity index (χ3n) is 1.55. The fourth-order valence-electron chi connectivity index (χ4n) is 1.18. The van der Waals surface area contributed by atoms with Gasteiger partial charge in [0.15, 0.2) is 5.78 Å². The average Bonchev–Trinajstić information content (AvgIpc) is 1.81. The van der Waals surface area contributed by atoms with Gasteiger partial charge in [-0.15, -0.1) is 0 Å². The van der Waals surface area contributed by atoms with Crippen molar-refractivity contribution in [3.8, 4) is 0 Å². The summed E-state index contributed by atoms with van der Waals surface area (Å²) in [6.45, 7) is 2.40. The molecule has 3 heteroatoms. The van der Waals surface area contributed by atoms with Crippen LogP contribution in [0.4, 0.5) is 0 Å². The Kier molecular flexibility index (Phi) is 4.88. The van der Waals surface area contributed by atoms with Crippen molar-refractivity contribution < 1.29 is 14.4 Å². The lowest BCUT2D eigenvalue weighted by atomic mass is 10.1. The summed E-state index contributed by atoms with van der Waals surface area (Å²) in [4.78, 5) is 11.1. The molecule has 0 aromatic rings. The summed E-state index contributed by atoms with van der Waals surface area (Å²) in [5.41, 5.74) is 0. The van der Waals surface area contributed by atoms with Crippen molar-refractivity contribution in [2.45, 2.75) is 19.4 Å². The molecule has 0 fully saturated rings. The van der Waals surface area contributed by atoms with Crippen LogP contribution in [0.3, 0.4) is 0 Å². The van der Waals surface area contributed by atoms with E-state index < -0.39 is 6.10 Å². The molecule has 0 aromatic heterocycles. The number of hydrogen-bond acceptors (Lipinski definition) is 2. The van der Waals surface area contributed by atoms with Crippen LogP contribution in [0.2, 0.25) is 0 Å². The van der Waals surface area contributed by atoms with Crippen molar-refractivity contribution in [3.63, 3.8) is 0 Å². The fourth-order valence-corrected chi connectivity index (χ4v) is 1.18. The molecule has 3 nitrogen and oxygen atoms in total. The third kappa shape index (κ3) is 7.68. The van der Waals surface area contributed by atoms with E-state index >= 15 is 0 Å². The first-order chi connectivity index (χ1) is 5.85. The molecule has 0 spiro atoms. The smallest absolute Gasteiger partial charge is 0.158 e. The van der Waals surface area contributed by atoms with E-state index in [1.807, 2.05) is 21.1 Å². The number of likely N-dealkylation sites (N-methyl/N-ethyl adjacent to an activating group) is 1. The summed E-state index contributed by atoms with van der Waals surface area (Å²) < 4.78 is 0.671. The molecule has 1 N–H and O–H groups in total. The maximum atomic E-state index is 11.1. The average molecular weight is 186 g/mol. The van der Waals surface area contributed by atoms with E-state index in [1.165, 1.54) is 6.08 Å². The number of hydrogen-bond donors (Lipinski definition) is 1. The molecular formula is C10H20NO2+. The Balaban J connectivity index is 3.88. The minimum atomic E-state index is -0.538. The van der Waals surface area contributed by atoms with Crippen molar-refractivity contribution >= 4 is 5.78 Å². The molecule has 0 aromatic carbocycles. The summed E-state index contributed by atoms with van der Waals surface area (Å²) in [7, 11) is 5.97. The SMILES string of the molecule is CC=CC(=O)CC(O)C[N+](C)(C)C. The molecule has 0 heterocycles. The first-order valence-corrected chi connectivity index (χ1v) is 4.49. The summed E-state index contributed by atoms with van der Waals surface area (Å²) in [6, 6.07) is 0. The highest BCUT2D eigenvalue weighted by atomic mass is 16.3. The van der Waals surface area contributed by atoms with E-state index in [1.54, 1.807) is 13.0 Å². The zero-order valence-electron chi connectivity index (χ0n) is 8.95. The van der Waals surface area contributed by atoms with Crippen LogP contribution in [0.15, 0.2) is 12.2 Å². The zero-order valence-corrected chi connectivity index (χ0v) is 8.95. The highest BCUT2D eigenvalue weighted by Gasteiger charge is 2.17. The number of ketones is 1. The molecule has 0 aliphatic rings. The molecule has 76 valence electrons. The third-order valence-corrected chi connectivity index (χ3v) is 1.55. The minimum absolute atomic E-state index is 0.0107. The number of carbonyl (C=O) groups is 1. The van der Waals surface area contributed by atoms with Gasteiger partial charge in [0.25, 0.3) is 0 Å². The van der Waals surface area contributed by atoms with Crippen LogP contribution in [0, 0.1) is 0 Å². The van der Waals surface area contributed by atoms with Gasteiger partial charge < -0.3 is 9.59 Å². The number of aliphatic hydroxyl groups excluding tert-OH is 1. The van der Waals surface area contributed by atoms with Crippen molar-refractivity contribution in [3.05, 3.63) is 12.2 Å². The molecular weight excluding hydrogens is 166 g/mol. The van der Waals surface area contributed by atoms with Gasteiger partial charge in [-0.1, -0.05) is 6.08 Å². The first kappa shape index (κ1) is 12.3. The second-order valence-electron chi connectivity index (χ2n) is 4.30. The topological polar surface area (TPSA) is 37.3 Å². The normalized spacial score (nSPS) is 14.8. The highest BCUT2D eigenvalue weighted by Crippen LogP contribution is 2.00. The number of allylic oxidation sites excluding steroid dienone is 2. The number of carbonyl (C=O) groups excluding carboxylic acids is 1. The summed E-state index contributed by atoms with van der Waals surface area (Å²) in [6.07, 6.45) is 2.88. The molecule has 0 aliphatic carbocycles. The monoisotopic (exact) mass is 186 g/mol. The lowest BCUT2D eigenvalue weighted by molar-refractivity contribution is -0.873. The Morgan fingerprint density at radius 2 is 2.00 bits per heavy atom. The maximum Gasteiger partial charge on any atom is 0.158 e. The van der Waals surface area contributed by atoms with Crippen LogP contribution in [-0.2, 0) is 4.79 Å². The molecule has 1 atom stereocenters. The first-order valence-electron chi connectivity index (χ1n) is 4.49. The predicted molar refractivity (Wildman–Crippen MR) is 53.3 cm³/mol. The molecule has 0 radical (unpaired) electrons. The van der Waals surface area contributed by atoms with Crippen LogP contribution >= 0.6 is 0 Å². The van der Waals surface area contributed by atoms with E-state index in [-0.39, 0.29) is 12.2 Å². The van der Waals surface area contributed by atoms with Gasteiger partial charge in [0.05, 0.1) is 21.1 Å². The lowest BCUT2D eigenvalue weighted by Gasteiger charge is -2.26. The van der Waals surface area contributed by atoms with Gasteiger partial charge in [0.2, 0.25) is 0 Å². The van der Waals surface area contributed by atoms with Gasteiger partial charge in [0.1, 0.15) is 12.6 Å². The fraction of sp³-hybridized carbons (Fsp3) is 0.700. The van der Waals surface area contributed by atoms with E-state index in [4.69, 9.17) is 0 Å². The summed E-state index contributed by atoms with van der Waals surface area (Å²) in [5, 5.41) is 9.51. The number of rotatable bonds is 5. The lowest BCUT2D eigenvalue weighted by Crippen LogP contribution is -2.41. The second kappa shape index (κ2) is 5.14. The Hall–Kier alpha value is -0.670. The van der Waals surface area contributed by atoms with Gasteiger partial charge >= 0.3 is 0 Å². The predicted octanol–water partition coefficient (Wildman–Crippen LogP) is 0.589. The highest BCUT2D eigenvalue weighted by molar-refractivity contribution is 5.89. The van der Waals surface area contributed by atoms with E-state index in [0.717, 1.165) is 0 Å². The van der Waals surface area contributed by atoms with Crippen LogP contribution in [0.25, 0.3) is 0 Å². The van der Waals surface area contributed by atoms with Gasteiger partial charge in [-0.2, -0.15) is 0 Å². The summed E-state index contributed by atoms with van der Waals surface area (Å²) in [5.74, 6) is -0.0107. The minimum Gasteiger partial charge on any atom is -0.387 e. The van der Waals surface area contributed by atoms with Crippen LogP contribution in [0.5, 0.6) is 0 Å². The zero-order chi connectivity index (χ0) is 10.5. The second-order valence-corrected chi connectivity index (χ2v) is 4.30. The molecule has 0 rings (SSSR count). The summed E-state index contributed by atoms with van der Waals surface area (Å²) >= 11 is 0. The van der Waals surface area contributed by atoms with Gasteiger partial charge in [-0.05, 0) is 13.0 Å². The molecule has 0 saturated heterocycles. The maximum absolute atomic E-state index is 11.1. The van der Waals surface area contributed by atoms with Gasteiger partial charge in [-0.3, -0.25) is 4.79 Å². The molecule has 13 heavy (non-hydrogen) atoms. The Labute approximate surface area is 80.3 Å². The van der Waals surface area contributed by atoms with E-state index in [9.17, 15) is 9.90 Å². The van der Waals surface area contributed by atoms with Crippen LogP contribution in [-0.4, -0.2) is 49.2 Å². The van der Waals surface area contributed by atoms with Crippen molar-refractivity contribution in [2.75, 3.05) is 27.7 Å². The molecule has 0 bridgehead atoms. The molecule has 0 aliphatic heterocycles. The molecule has 1 unspecified atom stereocenters. The van der Waals surface area contributed by atoms with Gasteiger partial charge in [-0.25, -0.2) is 0 Å². The van der Waals surface area contributed by atoms with E-state index in [0.29, 0.717) is 11.0 Å². The standard InChI is InChI=1S/C10H20NO2/c1-5-6-9(12)7-10(13)8-11(2,3)4/h5-6,10,13H,7-8H2,1-4H3/q+1. The largest absolute Gasteiger partial charge is 0.387 e. The molecule has 0 saturated carbocycles. The Morgan fingerprint density at radius 3 is 2.38 bits per heavy atom. The quantitative estimate of drug-likeness (QED) is 0.504. The number of aliphatic hydroxyl groups is 1. The Bertz CT molecular complexity index is 192. The van der Waals surface area contributed by atoms with Gasteiger partial charge in [0, 0.05) is 6.42 Å².